The molecule has 0 aromatic heterocycles. The monoisotopic (exact) mass is 183 g/mol. The van der Waals surface area contributed by atoms with Crippen molar-refractivity contribution in [2.45, 2.75) is 57.3 Å². The summed E-state index contributed by atoms with van der Waals surface area (Å²) in [6.45, 7) is 5.55. The number of rotatable bonds is 3. The fourth-order valence-electron chi connectivity index (χ4n) is 2.70. The SMILES string of the molecule is CC(C)OC1([C@H]2CCCN2C)CC1. The van der Waals surface area contributed by atoms with E-state index in [0.29, 0.717) is 12.1 Å². The van der Waals surface area contributed by atoms with Gasteiger partial charge in [0, 0.05) is 6.04 Å². The van der Waals surface area contributed by atoms with E-state index in [9.17, 15) is 0 Å². The van der Waals surface area contributed by atoms with Crippen LogP contribution in [-0.4, -0.2) is 36.2 Å². The molecule has 0 aromatic carbocycles. The molecule has 0 unspecified atom stereocenters. The molecule has 2 heteroatoms. The maximum absolute atomic E-state index is 6.06. The highest BCUT2D eigenvalue weighted by Gasteiger charge is 2.53. The topological polar surface area (TPSA) is 12.5 Å². The fourth-order valence-corrected chi connectivity index (χ4v) is 2.70. The molecule has 0 bridgehead atoms. The molecule has 0 radical (unpaired) electrons. The molecule has 1 aliphatic heterocycles. The fraction of sp³-hybridized carbons (Fsp3) is 1.00. The van der Waals surface area contributed by atoms with Crippen LogP contribution in [-0.2, 0) is 4.74 Å². The van der Waals surface area contributed by atoms with Crippen LogP contribution in [0.4, 0.5) is 0 Å². The summed E-state index contributed by atoms with van der Waals surface area (Å²) in [5, 5.41) is 0. The minimum Gasteiger partial charge on any atom is -0.371 e. The van der Waals surface area contributed by atoms with Gasteiger partial charge in [0.15, 0.2) is 0 Å². The van der Waals surface area contributed by atoms with E-state index in [0.717, 1.165) is 0 Å². The summed E-state index contributed by atoms with van der Waals surface area (Å²) in [6, 6.07) is 0.704. The van der Waals surface area contributed by atoms with E-state index < -0.39 is 0 Å². The van der Waals surface area contributed by atoms with E-state index in [2.05, 4.69) is 25.8 Å². The highest BCUT2D eigenvalue weighted by atomic mass is 16.5. The summed E-state index contributed by atoms with van der Waals surface area (Å²) in [6.07, 6.45) is 5.63. The van der Waals surface area contributed by atoms with Crippen molar-refractivity contribution in [3.05, 3.63) is 0 Å². The van der Waals surface area contributed by atoms with Gasteiger partial charge in [-0.25, -0.2) is 0 Å². The van der Waals surface area contributed by atoms with Gasteiger partial charge in [0.1, 0.15) is 0 Å². The van der Waals surface area contributed by atoms with Gasteiger partial charge in [-0.2, -0.15) is 0 Å². The Morgan fingerprint density at radius 2 is 2.08 bits per heavy atom. The largest absolute Gasteiger partial charge is 0.371 e. The minimum atomic E-state index is 0.249. The third-order valence-electron chi connectivity index (χ3n) is 3.34. The van der Waals surface area contributed by atoms with Crippen molar-refractivity contribution in [2.24, 2.45) is 0 Å². The van der Waals surface area contributed by atoms with Gasteiger partial charge in [0.05, 0.1) is 11.7 Å². The van der Waals surface area contributed by atoms with E-state index >= 15 is 0 Å². The number of nitrogens with zero attached hydrogens (tertiary/aromatic N) is 1. The second-order valence-electron chi connectivity index (χ2n) is 4.87. The van der Waals surface area contributed by atoms with E-state index in [-0.39, 0.29) is 5.60 Å². The van der Waals surface area contributed by atoms with Crippen LogP contribution in [0, 0.1) is 0 Å². The Morgan fingerprint density at radius 3 is 2.46 bits per heavy atom. The number of hydrogen-bond acceptors (Lipinski definition) is 2. The Kier molecular flexibility index (Phi) is 2.37. The molecular weight excluding hydrogens is 162 g/mol. The van der Waals surface area contributed by atoms with Crippen molar-refractivity contribution in [1.82, 2.24) is 4.90 Å². The summed E-state index contributed by atoms with van der Waals surface area (Å²) < 4.78 is 6.06. The summed E-state index contributed by atoms with van der Waals surface area (Å²) >= 11 is 0. The Labute approximate surface area is 81.3 Å². The van der Waals surface area contributed by atoms with Crippen molar-refractivity contribution in [1.29, 1.82) is 0 Å². The lowest BCUT2D eigenvalue weighted by atomic mass is 10.1. The molecule has 2 fully saturated rings. The van der Waals surface area contributed by atoms with Crippen LogP contribution >= 0.6 is 0 Å². The zero-order valence-corrected chi connectivity index (χ0v) is 9.05. The molecule has 2 aliphatic rings. The molecule has 1 saturated heterocycles. The van der Waals surface area contributed by atoms with Gasteiger partial charge in [-0.3, -0.25) is 0 Å². The third-order valence-corrected chi connectivity index (χ3v) is 3.34. The first kappa shape index (κ1) is 9.47. The highest BCUT2D eigenvalue weighted by Crippen LogP contribution is 2.48. The van der Waals surface area contributed by atoms with Gasteiger partial charge in [0.2, 0.25) is 0 Å². The predicted molar refractivity (Wildman–Crippen MR) is 53.8 cm³/mol. The molecule has 76 valence electrons. The molecule has 1 aliphatic carbocycles. The van der Waals surface area contributed by atoms with Gasteiger partial charge in [0.25, 0.3) is 0 Å². The summed E-state index contributed by atoms with van der Waals surface area (Å²) in [7, 11) is 2.24. The molecule has 0 spiro atoms. The van der Waals surface area contributed by atoms with Crippen molar-refractivity contribution < 1.29 is 4.74 Å². The van der Waals surface area contributed by atoms with E-state index in [1.807, 2.05) is 0 Å². The van der Waals surface area contributed by atoms with Crippen molar-refractivity contribution in [3.63, 3.8) is 0 Å². The molecule has 1 heterocycles. The molecule has 0 aromatic rings. The van der Waals surface area contributed by atoms with Crippen LogP contribution in [0.5, 0.6) is 0 Å². The maximum Gasteiger partial charge on any atom is 0.0842 e. The lowest BCUT2D eigenvalue weighted by Crippen LogP contribution is -2.41. The van der Waals surface area contributed by atoms with Gasteiger partial charge in [-0.05, 0) is 53.1 Å². The zero-order valence-electron chi connectivity index (χ0n) is 9.05. The average molecular weight is 183 g/mol. The minimum absolute atomic E-state index is 0.249. The zero-order chi connectivity index (χ0) is 9.47. The first-order valence-electron chi connectivity index (χ1n) is 5.52. The second kappa shape index (κ2) is 3.25. The van der Waals surface area contributed by atoms with Crippen molar-refractivity contribution in [2.75, 3.05) is 13.6 Å². The smallest absolute Gasteiger partial charge is 0.0842 e. The highest BCUT2D eigenvalue weighted by molar-refractivity contribution is 5.07. The summed E-state index contributed by atoms with van der Waals surface area (Å²) in [4.78, 5) is 2.48. The standard InChI is InChI=1S/C11H21NO/c1-9(2)13-11(6-7-11)10-5-4-8-12(10)3/h9-10H,4-8H2,1-3H3/t10-/m1/s1. The van der Waals surface area contributed by atoms with E-state index in [4.69, 9.17) is 4.74 Å². The lowest BCUT2D eigenvalue weighted by Gasteiger charge is -2.30. The Hall–Kier alpha value is -0.0800. The quantitative estimate of drug-likeness (QED) is 0.664. The average Bonchev–Trinajstić information content (AvgIpc) is 2.65. The number of hydrogen-bond donors (Lipinski definition) is 0. The Morgan fingerprint density at radius 1 is 1.38 bits per heavy atom. The molecule has 0 N–H and O–H groups in total. The first-order chi connectivity index (χ1) is 6.14. The number of ether oxygens (including phenoxy) is 1. The van der Waals surface area contributed by atoms with Gasteiger partial charge >= 0.3 is 0 Å². The molecule has 2 nitrogen and oxygen atoms in total. The molecule has 1 saturated carbocycles. The van der Waals surface area contributed by atoms with Gasteiger partial charge < -0.3 is 9.64 Å². The van der Waals surface area contributed by atoms with Crippen molar-refractivity contribution >= 4 is 0 Å². The lowest BCUT2D eigenvalue weighted by molar-refractivity contribution is -0.0507. The molecule has 2 rings (SSSR count). The maximum atomic E-state index is 6.06. The Bertz CT molecular complexity index is 187. The van der Waals surface area contributed by atoms with Crippen LogP contribution in [0.15, 0.2) is 0 Å². The first-order valence-corrected chi connectivity index (χ1v) is 5.52. The Balaban J connectivity index is 1.98. The van der Waals surface area contributed by atoms with E-state index in [1.165, 1.54) is 32.2 Å². The second-order valence-corrected chi connectivity index (χ2v) is 4.87. The summed E-state index contributed by atoms with van der Waals surface area (Å²) in [5.74, 6) is 0. The predicted octanol–water partition coefficient (Wildman–Crippen LogP) is 2.04. The normalized spacial score (nSPS) is 32.8. The van der Waals surface area contributed by atoms with Crippen LogP contribution in [0.1, 0.15) is 39.5 Å². The molecular formula is C11H21NO. The molecule has 0 amide bonds. The van der Waals surface area contributed by atoms with Crippen LogP contribution in [0.25, 0.3) is 0 Å². The van der Waals surface area contributed by atoms with Crippen molar-refractivity contribution in [3.8, 4) is 0 Å². The summed E-state index contributed by atoms with van der Waals surface area (Å²) in [5.41, 5.74) is 0.249. The van der Waals surface area contributed by atoms with Crippen LogP contribution < -0.4 is 0 Å². The van der Waals surface area contributed by atoms with Gasteiger partial charge in [-0.1, -0.05) is 0 Å². The molecule has 13 heavy (non-hydrogen) atoms. The third kappa shape index (κ3) is 1.75. The van der Waals surface area contributed by atoms with Gasteiger partial charge in [-0.15, -0.1) is 0 Å². The van der Waals surface area contributed by atoms with E-state index in [1.54, 1.807) is 0 Å². The number of likely N-dealkylation sites (N-methyl/N-ethyl adjacent to an activating group) is 1. The van der Waals surface area contributed by atoms with Crippen LogP contribution in [0.2, 0.25) is 0 Å². The van der Waals surface area contributed by atoms with Crippen LogP contribution in [0.3, 0.4) is 0 Å². The number of likely N-dealkylation sites (tertiary alicyclic amines) is 1. The molecule has 1 atom stereocenters.